The first kappa shape index (κ1) is 19.9. The fraction of sp³-hybridized carbons (Fsp3) is 0.238. The summed E-state index contributed by atoms with van der Waals surface area (Å²) < 4.78 is 10.8. The molecule has 0 aliphatic carbocycles. The molecule has 0 unspecified atom stereocenters. The van der Waals surface area contributed by atoms with Crippen LogP contribution in [0, 0.1) is 0 Å². The van der Waals surface area contributed by atoms with Crippen LogP contribution in [0.3, 0.4) is 0 Å². The number of carbonyl (C=O) groups excluding carboxylic acids is 2. The van der Waals surface area contributed by atoms with Crippen molar-refractivity contribution in [3.63, 3.8) is 0 Å². The lowest BCUT2D eigenvalue weighted by molar-refractivity contribution is -0.117. The molecule has 1 fully saturated rings. The van der Waals surface area contributed by atoms with E-state index in [1.165, 1.54) is 0 Å². The lowest BCUT2D eigenvalue weighted by atomic mass is 10.1. The first-order valence-electron chi connectivity index (χ1n) is 9.34. The van der Waals surface area contributed by atoms with E-state index in [1.807, 2.05) is 18.2 Å². The molecule has 3 aromatic rings. The molecule has 0 spiro atoms. The summed E-state index contributed by atoms with van der Waals surface area (Å²) in [6, 6.07) is 14.3. The molecule has 2 aromatic carbocycles. The molecule has 0 radical (unpaired) electrons. The number of nitrogens with one attached hydrogen (secondary N) is 1. The Kier molecular flexibility index (Phi) is 5.67. The molecule has 1 saturated heterocycles. The third-order valence-corrected chi connectivity index (χ3v) is 5.05. The highest BCUT2D eigenvalue weighted by atomic mass is 35.5. The summed E-state index contributed by atoms with van der Waals surface area (Å²) in [4.78, 5) is 26.3. The second-order valence-electron chi connectivity index (χ2n) is 6.90. The van der Waals surface area contributed by atoms with Crippen molar-refractivity contribution < 1.29 is 18.7 Å². The smallest absolute Gasteiger partial charge is 0.322 e. The van der Waals surface area contributed by atoms with Gasteiger partial charge in [-0.05, 0) is 42.0 Å². The number of aromatic nitrogens is 2. The Bertz CT molecular complexity index is 1070. The SMILES string of the molecule is COc1cccc(CC(=O)Nc2nnc([C@@H]3CC(=O)N(c4ccc(Cl)cc4)C3)o2)c1. The highest BCUT2D eigenvalue weighted by Crippen LogP contribution is 2.32. The molecule has 1 atom stereocenters. The number of halogens is 1. The van der Waals surface area contributed by atoms with Gasteiger partial charge in [-0.25, -0.2) is 0 Å². The summed E-state index contributed by atoms with van der Waals surface area (Å²) in [6.45, 7) is 0.417. The van der Waals surface area contributed by atoms with Crippen LogP contribution in [0.2, 0.25) is 5.02 Å². The van der Waals surface area contributed by atoms with Gasteiger partial charge in [0.25, 0.3) is 0 Å². The maximum Gasteiger partial charge on any atom is 0.322 e. The molecule has 0 bridgehead atoms. The molecule has 1 aromatic heterocycles. The monoisotopic (exact) mass is 426 g/mol. The Morgan fingerprint density at radius 3 is 2.83 bits per heavy atom. The summed E-state index contributed by atoms with van der Waals surface area (Å²) >= 11 is 5.91. The number of hydrogen-bond donors (Lipinski definition) is 1. The van der Waals surface area contributed by atoms with Gasteiger partial charge in [0, 0.05) is 23.7 Å². The molecule has 1 N–H and O–H groups in total. The van der Waals surface area contributed by atoms with E-state index in [0.717, 1.165) is 11.3 Å². The minimum Gasteiger partial charge on any atom is -0.497 e. The second-order valence-corrected chi connectivity index (χ2v) is 7.34. The number of amides is 2. The van der Waals surface area contributed by atoms with Crippen molar-refractivity contribution in [2.24, 2.45) is 0 Å². The van der Waals surface area contributed by atoms with Gasteiger partial charge in [-0.1, -0.05) is 28.8 Å². The van der Waals surface area contributed by atoms with Gasteiger partial charge in [0.1, 0.15) is 5.75 Å². The molecule has 0 saturated carbocycles. The minimum absolute atomic E-state index is 0.00953. The zero-order valence-corrected chi connectivity index (χ0v) is 16.9. The molecule has 2 amide bonds. The van der Waals surface area contributed by atoms with Crippen molar-refractivity contribution >= 4 is 35.1 Å². The highest BCUT2D eigenvalue weighted by Gasteiger charge is 2.35. The maximum absolute atomic E-state index is 12.4. The first-order valence-corrected chi connectivity index (χ1v) is 9.72. The lowest BCUT2D eigenvalue weighted by Gasteiger charge is -2.16. The largest absolute Gasteiger partial charge is 0.497 e. The quantitative estimate of drug-likeness (QED) is 0.648. The van der Waals surface area contributed by atoms with Gasteiger partial charge in [0.15, 0.2) is 0 Å². The van der Waals surface area contributed by atoms with E-state index in [1.54, 1.807) is 42.3 Å². The predicted octanol–water partition coefficient (Wildman–Crippen LogP) is 3.43. The predicted molar refractivity (Wildman–Crippen MR) is 111 cm³/mol. The van der Waals surface area contributed by atoms with Crippen LogP contribution in [0.15, 0.2) is 52.9 Å². The standard InChI is InChI=1S/C21H19ClN4O4/c1-29-17-4-2-3-13(9-17)10-18(27)23-21-25-24-20(30-21)14-11-19(28)26(12-14)16-7-5-15(22)6-8-16/h2-9,14H,10-12H2,1H3,(H,23,25,27)/t14-/m1/s1. The molecule has 8 nitrogen and oxygen atoms in total. The lowest BCUT2D eigenvalue weighted by Crippen LogP contribution is -2.24. The normalized spacial score (nSPS) is 16.0. The first-order chi connectivity index (χ1) is 14.5. The topological polar surface area (TPSA) is 97.6 Å². The zero-order chi connectivity index (χ0) is 21.1. The molecule has 1 aliphatic rings. The number of ether oxygens (including phenoxy) is 1. The molecule has 154 valence electrons. The molecule has 30 heavy (non-hydrogen) atoms. The van der Waals surface area contributed by atoms with Crippen LogP contribution in [-0.4, -0.2) is 35.7 Å². The Hall–Kier alpha value is -3.39. The van der Waals surface area contributed by atoms with E-state index in [0.29, 0.717) is 23.2 Å². The number of benzene rings is 2. The summed E-state index contributed by atoms with van der Waals surface area (Å²) in [6.07, 6.45) is 0.392. The van der Waals surface area contributed by atoms with Crippen LogP contribution in [0.4, 0.5) is 11.7 Å². The van der Waals surface area contributed by atoms with Crippen LogP contribution < -0.4 is 15.0 Å². The van der Waals surface area contributed by atoms with Crippen molar-refractivity contribution in [3.8, 4) is 5.75 Å². The summed E-state index contributed by atoms with van der Waals surface area (Å²) in [5, 5.41) is 11.1. The molecule has 9 heteroatoms. The number of methoxy groups -OCH3 is 1. The van der Waals surface area contributed by atoms with Gasteiger partial charge in [0.05, 0.1) is 19.4 Å². The van der Waals surface area contributed by atoms with Gasteiger partial charge in [-0.3, -0.25) is 14.9 Å². The Labute approximate surface area is 177 Å². The van der Waals surface area contributed by atoms with Crippen LogP contribution >= 0.6 is 11.6 Å². The zero-order valence-electron chi connectivity index (χ0n) is 16.2. The molecule has 2 heterocycles. The average molecular weight is 427 g/mol. The minimum atomic E-state index is -0.288. The number of rotatable bonds is 6. The van der Waals surface area contributed by atoms with E-state index >= 15 is 0 Å². The van der Waals surface area contributed by atoms with Gasteiger partial charge in [-0.2, -0.15) is 0 Å². The van der Waals surface area contributed by atoms with Crippen LogP contribution in [0.1, 0.15) is 23.8 Å². The van der Waals surface area contributed by atoms with E-state index in [-0.39, 0.29) is 36.6 Å². The second kappa shape index (κ2) is 8.54. The van der Waals surface area contributed by atoms with Crippen LogP contribution in [-0.2, 0) is 16.0 Å². The Morgan fingerprint density at radius 1 is 1.27 bits per heavy atom. The fourth-order valence-electron chi connectivity index (χ4n) is 3.32. The number of nitrogens with zero attached hydrogens (tertiary/aromatic N) is 3. The number of hydrogen-bond acceptors (Lipinski definition) is 6. The van der Waals surface area contributed by atoms with Gasteiger partial charge in [0.2, 0.25) is 17.7 Å². The van der Waals surface area contributed by atoms with Crippen LogP contribution in [0.5, 0.6) is 5.75 Å². The molecular formula is C21H19ClN4O4. The Morgan fingerprint density at radius 2 is 2.07 bits per heavy atom. The maximum atomic E-state index is 12.4. The van der Waals surface area contributed by atoms with E-state index in [9.17, 15) is 9.59 Å². The van der Waals surface area contributed by atoms with E-state index in [2.05, 4.69) is 15.5 Å². The Balaban J connectivity index is 1.38. The van der Waals surface area contributed by atoms with Crippen molar-refractivity contribution in [1.29, 1.82) is 0 Å². The van der Waals surface area contributed by atoms with Crippen LogP contribution in [0.25, 0.3) is 0 Å². The van der Waals surface area contributed by atoms with Crippen molar-refractivity contribution in [2.75, 3.05) is 23.9 Å². The summed E-state index contributed by atoms with van der Waals surface area (Å²) in [7, 11) is 1.57. The van der Waals surface area contributed by atoms with Gasteiger partial charge >= 0.3 is 6.01 Å². The van der Waals surface area contributed by atoms with Crippen molar-refractivity contribution in [1.82, 2.24) is 10.2 Å². The van der Waals surface area contributed by atoms with Gasteiger partial charge in [-0.15, -0.1) is 5.10 Å². The van der Waals surface area contributed by atoms with Gasteiger partial charge < -0.3 is 14.1 Å². The van der Waals surface area contributed by atoms with Crippen molar-refractivity contribution in [2.45, 2.75) is 18.8 Å². The van der Waals surface area contributed by atoms with E-state index in [4.69, 9.17) is 20.8 Å². The number of carbonyl (C=O) groups is 2. The summed E-state index contributed by atoms with van der Waals surface area (Å²) in [5.74, 6) is 0.422. The van der Waals surface area contributed by atoms with Crippen molar-refractivity contribution in [3.05, 3.63) is 65.0 Å². The summed E-state index contributed by atoms with van der Waals surface area (Å²) in [5.41, 5.74) is 1.56. The third kappa shape index (κ3) is 4.44. The average Bonchev–Trinajstić information content (AvgIpc) is 3.35. The molecule has 1 aliphatic heterocycles. The number of anilines is 2. The third-order valence-electron chi connectivity index (χ3n) is 4.80. The molecular weight excluding hydrogens is 408 g/mol. The van der Waals surface area contributed by atoms with E-state index < -0.39 is 0 Å². The molecule has 4 rings (SSSR count). The highest BCUT2D eigenvalue weighted by molar-refractivity contribution is 6.30. The fourth-order valence-corrected chi connectivity index (χ4v) is 3.45.